The molecule has 0 bridgehead atoms. The van der Waals surface area contributed by atoms with E-state index >= 15 is 0 Å². The van der Waals surface area contributed by atoms with Crippen LogP contribution in [0.25, 0.3) is 0 Å². The van der Waals surface area contributed by atoms with Crippen LogP contribution in [0.5, 0.6) is 0 Å². The molecule has 94 valence electrons. The van der Waals surface area contributed by atoms with Gasteiger partial charge in [-0.25, -0.2) is 0 Å². The third kappa shape index (κ3) is 3.53. The molecule has 1 aliphatic rings. The molecule has 0 fully saturated rings. The van der Waals surface area contributed by atoms with Gasteiger partial charge in [0.15, 0.2) is 5.78 Å². The fourth-order valence-electron chi connectivity index (χ4n) is 1.36. The maximum absolute atomic E-state index is 10.9. The molecule has 0 radical (unpaired) electrons. The lowest BCUT2D eigenvalue weighted by Crippen LogP contribution is -1.90. The van der Waals surface area contributed by atoms with Gasteiger partial charge in [0.1, 0.15) is 0 Å². The third-order valence-electron chi connectivity index (χ3n) is 2.32. The van der Waals surface area contributed by atoms with Crippen molar-refractivity contribution in [2.45, 2.75) is 0 Å². The van der Waals surface area contributed by atoms with E-state index in [0.29, 0.717) is 5.69 Å². The summed E-state index contributed by atoms with van der Waals surface area (Å²) in [7, 11) is 0. The standard InChI is InChI=1S/C13H9N3O3/c17-13-7-1-10(2-8-13)9-14-15-11-3-5-12(6-4-11)16(18)19/h1-9H. The molecule has 0 atom stereocenters. The second-order valence-electron chi connectivity index (χ2n) is 3.69. The van der Waals surface area contributed by atoms with E-state index in [1.54, 1.807) is 12.2 Å². The predicted octanol–water partition coefficient (Wildman–Crippen LogP) is 3.26. The molecular weight excluding hydrogens is 246 g/mol. The third-order valence-corrected chi connectivity index (χ3v) is 2.32. The Morgan fingerprint density at radius 2 is 1.68 bits per heavy atom. The summed E-state index contributed by atoms with van der Waals surface area (Å²) in [6, 6.07) is 5.74. The summed E-state index contributed by atoms with van der Waals surface area (Å²) in [4.78, 5) is 20.9. The lowest BCUT2D eigenvalue weighted by atomic mass is 10.1. The molecule has 0 aromatic heterocycles. The average molecular weight is 255 g/mol. The molecular formula is C13H9N3O3. The lowest BCUT2D eigenvalue weighted by Gasteiger charge is -1.95. The van der Waals surface area contributed by atoms with Gasteiger partial charge in [-0.2, -0.15) is 10.2 Å². The molecule has 2 rings (SSSR count). The largest absolute Gasteiger partial charge is 0.290 e. The Bertz CT molecular complexity index is 607. The van der Waals surface area contributed by atoms with Crippen LogP contribution < -0.4 is 0 Å². The molecule has 0 heterocycles. The highest BCUT2D eigenvalue weighted by molar-refractivity contribution is 6.01. The fraction of sp³-hybridized carbons (Fsp3) is 0. The van der Waals surface area contributed by atoms with Gasteiger partial charge >= 0.3 is 0 Å². The quantitative estimate of drug-likeness (QED) is 0.472. The number of allylic oxidation sites excluding steroid dienone is 5. The van der Waals surface area contributed by atoms with Gasteiger partial charge in [-0.05, 0) is 42.0 Å². The molecule has 6 heteroatoms. The summed E-state index contributed by atoms with van der Waals surface area (Å²) in [5, 5.41) is 18.2. The Morgan fingerprint density at radius 3 is 2.26 bits per heavy atom. The first-order valence-corrected chi connectivity index (χ1v) is 5.41. The number of ketones is 1. The maximum Gasteiger partial charge on any atom is 0.269 e. The zero-order valence-corrected chi connectivity index (χ0v) is 9.76. The number of nitro benzene ring substituents is 1. The first-order valence-electron chi connectivity index (χ1n) is 5.41. The van der Waals surface area contributed by atoms with Crippen molar-refractivity contribution in [3.8, 4) is 0 Å². The van der Waals surface area contributed by atoms with E-state index in [2.05, 4.69) is 10.2 Å². The van der Waals surface area contributed by atoms with Crippen LogP contribution in [0.4, 0.5) is 11.4 Å². The molecule has 0 N–H and O–H groups in total. The highest BCUT2D eigenvalue weighted by Crippen LogP contribution is 2.18. The van der Waals surface area contributed by atoms with E-state index in [1.807, 2.05) is 0 Å². The summed E-state index contributed by atoms with van der Waals surface area (Å²) >= 11 is 0. The van der Waals surface area contributed by atoms with Crippen molar-refractivity contribution in [1.82, 2.24) is 0 Å². The van der Waals surface area contributed by atoms with Crippen LogP contribution in [0.3, 0.4) is 0 Å². The number of nitro groups is 1. The van der Waals surface area contributed by atoms with E-state index < -0.39 is 4.92 Å². The summed E-state index contributed by atoms with van der Waals surface area (Å²) < 4.78 is 0. The Labute approximate surface area is 108 Å². The SMILES string of the molecule is O=C1C=CC(=CN=Nc2ccc([N+](=O)[O-])cc2)C=C1. The van der Waals surface area contributed by atoms with Crippen molar-refractivity contribution < 1.29 is 9.72 Å². The first kappa shape index (κ1) is 12.6. The number of carbonyl (C=O) groups is 1. The lowest BCUT2D eigenvalue weighted by molar-refractivity contribution is -0.384. The van der Waals surface area contributed by atoms with Crippen LogP contribution in [0.1, 0.15) is 0 Å². The van der Waals surface area contributed by atoms with Crippen LogP contribution in [0, 0.1) is 10.1 Å². The van der Waals surface area contributed by atoms with Crippen LogP contribution in [0.15, 0.2) is 70.6 Å². The predicted molar refractivity (Wildman–Crippen MR) is 69.0 cm³/mol. The maximum atomic E-state index is 10.9. The number of carbonyl (C=O) groups excluding carboxylic acids is 1. The van der Waals surface area contributed by atoms with Crippen molar-refractivity contribution in [2.24, 2.45) is 10.2 Å². The van der Waals surface area contributed by atoms with Crippen LogP contribution in [-0.4, -0.2) is 10.7 Å². The van der Waals surface area contributed by atoms with Gasteiger partial charge in [-0.15, -0.1) is 0 Å². The summed E-state index contributed by atoms with van der Waals surface area (Å²) in [6.45, 7) is 0. The second-order valence-corrected chi connectivity index (χ2v) is 3.69. The van der Waals surface area contributed by atoms with Crippen LogP contribution in [-0.2, 0) is 4.79 Å². The summed E-state index contributed by atoms with van der Waals surface area (Å²) in [6.07, 6.45) is 7.65. The van der Waals surface area contributed by atoms with Gasteiger partial charge < -0.3 is 0 Å². The number of rotatable bonds is 3. The smallest absolute Gasteiger partial charge is 0.269 e. The Balaban J connectivity index is 2.05. The van der Waals surface area contributed by atoms with Crippen molar-refractivity contribution in [3.63, 3.8) is 0 Å². The molecule has 19 heavy (non-hydrogen) atoms. The van der Waals surface area contributed by atoms with Crippen molar-refractivity contribution >= 4 is 17.2 Å². The molecule has 0 spiro atoms. The number of hydrogen-bond acceptors (Lipinski definition) is 5. The summed E-state index contributed by atoms with van der Waals surface area (Å²) in [5.74, 6) is -0.0653. The van der Waals surface area contributed by atoms with Crippen molar-refractivity contribution in [3.05, 3.63) is 70.5 Å². The molecule has 6 nitrogen and oxygen atoms in total. The van der Waals surface area contributed by atoms with Gasteiger partial charge in [-0.1, -0.05) is 0 Å². The van der Waals surface area contributed by atoms with Crippen LogP contribution >= 0.6 is 0 Å². The highest BCUT2D eigenvalue weighted by Gasteiger charge is 2.02. The fourth-order valence-corrected chi connectivity index (χ4v) is 1.36. The molecule has 1 aromatic rings. The molecule has 1 aliphatic carbocycles. The molecule has 0 amide bonds. The number of nitrogens with zero attached hydrogens (tertiary/aromatic N) is 3. The normalized spacial score (nSPS) is 14.1. The minimum Gasteiger partial charge on any atom is -0.290 e. The average Bonchev–Trinajstić information content (AvgIpc) is 2.41. The molecule has 1 aromatic carbocycles. The summed E-state index contributed by atoms with van der Waals surface area (Å²) in [5.41, 5.74) is 1.28. The Morgan fingerprint density at radius 1 is 1.05 bits per heavy atom. The van der Waals surface area contributed by atoms with Gasteiger partial charge in [0.05, 0.1) is 16.8 Å². The van der Waals surface area contributed by atoms with Crippen molar-refractivity contribution in [2.75, 3.05) is 0 Å². The molecule has 0 saturated carbocycles. The van der Waals surface area contributed by atoms with Gasteiger partial charge in [-0.3, -0.25) is 14.9 Å². The minimum absolute atomic E-state index is 0.00830. The van der Waals surface area contributed by atoms with Gasteiger partial charge in [0, 0.05) is 12.1 Å². The monoisotopic (exact) mass is 255 g/mol. The molecule has 0 saturated heterocycles. The van der Waals surface area contributed by atoms with E-state index in [1.165, 1.54) is 42.6 Å². The number of hydrogen-bond donors (Lipinski definition) is 0. The Hall–Kier alpha value is -2.89. The Kier molecular flexibility index (Phi) is 3.72. The van der Waals surface area contributed by atoms with Crippen LogP contribution in [0.2, 0.25) is 0 Å². The first-order chi connectivity index (χ1) is 9.15. The zero-order valence-electron chi connectivity index (χ0n) is 9.76. The van der Waals surface area contributed by atoms with Crippen molar-refractivity contribution in [1.29, 1.82) is 0 Å². The second kappa shape index (κ2) is 5.63. The van der Waals surface area contributed by atoms with Gasteiger partial charge in [0.25, 0.3) is 5.69 Å². The minimum atomic E-state index is -0.475. The zero-order chi connectivity index (χ0) is 13.7. The van der Waals surface area contributed by atoms with Gasteiger partial charge in [0.2, 0.25) is 0 Å². The van der Waals surface area contributed by atoms with E-state index in [-0.39, 0.29) is 11.5 Å². The number of azo groups is 1. The highest BCUT2D eigenvalue weighted by atomic mass is 16.6. The van der Waals surface area contributed by atoms with E-state index in [9.17, 15) is 14.9 Å². The molecule has 0 aliphatic heterocycles. The topological polar surface area (TPSA) is 84.9 Å². The number of non-ortho nitro benzene ring substituents is 1. The van der Waals surface area contributed by atoms with E-state index in [4.69, 9.17) is 0 Å². The number of benzene rings is 1. The van der Waals surface area contributed by atoms with E-state index in [0.717, 1.165) is 5.57 Å². The molecule has 0 unspecified atom stereocenters.